The molecule has 0 saturated carbocycles. The van der Waals surface area contributed by atoms with Crippen LogP contribution in [-0.4, -0.2) is 52.7 Å². The van der Waals surface area contributed by atoms with Crippen LogP contribution in [0, 0.1) is 0 Å². The third-order valence-corrected chi connectivity index (χ3v) is 4.35. The van der Waals surface area contributed by atoms with Crippen LogP contribution in [0.25, 0.3) is 22.4 Å². The molecule has 1 aliphatic heterocycles. The molecule has 1 atom stereocenters. The molecule has 1 saturated heterocycles. The van der Waals surface area contributed by atoms with E-state index in [9.17, 15) is 9.59 Å². The molecule has 2 aromatic heterocycles. The number of para-hydroxylation sites is 1. The predicted octanol–water partition coefficient (Wildman–Crippen LogP) is 2.42. The Morgan fingerprint density at radius 3 is 2.81 bits per heavy atom. The van der Waals surface area contributed by atoms with Crippen LogP contribution < -0.4 is 0 Å². The van der Waals surface area contributed by atoms with Gasteiger partial charge in [0.05, 0.1) is 30.5 Å². The second-order valence-corrected chi connectivity index (χ2v) is 6.00. The van der Waals surface area contributed by atoms with Crippen molar-refractivity contribution in [2.24, 2.45) is 0 Å². The molecule has 1 N–H and O–H groups in total. The van der Waals surface area contributed by atoms with Crippen molar-refractivity contribution in [1.82, 2.24) is 9.88 Å². The van der Waals surface area contributed by atoms with Crippen LogP contribution >= 0.6 is 0 Å². The van der Waals surface area contributed by atoms with E-state index in [1.165, 1.54) is 4.90 Å². The number of carboxylic acid groups (broad SMARTS) is 1. The van der Waals surface area contributed by atoms with Crippen molar-refractivity contribution in [2.75, 3.05) is 19.7 Å². The van der Waals surface area contributed by atoms with Gasteiger partial charge in [-0.3, -0.25) is 4.79 Å². The van der Waals surface area contributed by atoms with Crippen molar-refractivity contribution in [3.63, 3.8) is 0 Å². The lowest BCUT2D eigenvalue weighted by Crippen LogP contribution is -2.48. The molecule has 1 aliphatic rings. The van der Waals surface area contributed by atoms with E-state index in [-0.39, 0.29) is 19.1 Å². The Hall–Kier alpha value is -3.19. The molecular formula is C19H16N2O5. The maximum Gasteiger partial charge on any atom is 0.334 e. The zero-order valence-corrected chi connectivity index (χ0v) is 13.8. The number of carboxylic acids is 1. The molecule has 0 radical (unpaired) electrons. The third-order valence-electron chi connectivity index (χ3n) is 4.35. The number of morpholine rings is 1. The number of fused-ring (bicyclic) bond motifs is 1. The van der Waals surface area contributed by atoms with Crippen molar-refractivity contribution < 1.29 is 23.8 Å². The van der Waals surface area contributed by atoms with Gasteiger partial charge in [0.15, 0.2) is 11.9 Å². The number of ether oxygens (including phenoxy) is 1. The minimum atomic E-state index is -1.07. The number of aromatic nitrogens is 1. The Morgan fingerprint density at radius 2 is 2.04 bits per heavy atom. The van der Waals surface area contributed by atoms with E-state index in [1.807, 2.05) is 24.3 Å². The summed E-state index contributed by atoms with van der Waals surface area (Å²) >= 11 is 0. The number of rotatable bonds is 3. The molecule has 3 aromatic rings. The second kappa shape index (κ2) is 6.61. The van der Waals surface area contributed by atoms with Gasteiger partial charge in [0, 0.05) is 11.9 Å². The molecule has 3 heterocycles. The number of carbonyl (C=O) groups excluding carboxylic acids is 1. The summed E-state index contributed by atoms with van der Waals surface area (Å²) in [7, 11) is 0. The van der Waals surface area contributed by atoms with Crippen LogP contribution in [-0.2, 0) is 9.53 Å². The summed E-state index contributed by atoms with van der Waals surface area (Å²) in [5, 5.41) is 9.88. The summed E-state index contributed by atoms with van der Waals surface area (Å²) in [6.45, 7) is 0.549. The number of furan rings is 1. The van der Waals surface area contributed by atoms with Gasteiger partial charge in [-0.25, -0.2) is 9.78 Å². The zero-order chi connectivity index (χ0) is 18.1. The topological polar surface area (TPSA) is 92.9 Å². The summed E-state index contributed by atoms with van der Waals surface area (Å²) in [5.74, 6) is -0.750. The molecule has 0 unspecified atom stereocenters. The smallest absolute Gasteiger partial charge is 0.334 e. The van der Waals surface area contributed by atoms with Crippen LogP contribution in [0.1, 0.15) is 10.4 Å². The van der Waals surface area contributed by atoms with Crippen molar-refractivity contribution in [2.45, 2.75) is 6.10 Å². The first kappa shape index (κ1) is 16.3. The third kappa shape index (κ3) is 2.93. The van der Waals surface area contributed by atoms with Crippen molar-refractivity contribution in [1.29, 1.82) is 0 Å². The molecule has 4 rings (SSSR count). The van der Waals surface area contributed by atoms with Crippen LogP contribution in [0.3, 0.4) is 0 Å². The number of carbonyl (C=O) groups is 2. The van der Waals surface area contributed by atoms with E-state index in [0.717, 1.165) is 0 Å². The van der Waals surface area contributed by atoms with Gasteiger partial charge in [-0.1, -0.05) is 18.2 Å². The van der Waals surface area contributed by atoms with Gasteiger partial charge in [-0.05, 0) is 24.3 Å². The average Bonchev–Trinajstić information content (AvgIpc) is 3.21. The van der Waals surface area contributed by atoms with E-state index >= 15 is 0 Å². The van der Waals surface area contributed by atoms with Crippen LogP contribution in [0.5, 0.6) is 0 Å². The van der Waals surface area contributed by atoms with Crippen LogP contribution in [0.4, 0.5) is 0 Å². The summed E-state index contributed by atoms with van der Waals surface area (Å²) < 4.78 is 10.6. The highest BCUT2D eigenvalue weighted by Gasteiger charge is 2.30. The Kier molecular flexibility index (Phi) is 4.14. The summed E-state index contributed by atoms with van der Waals surface area (Å²) in [6.07, 6.45) is 0.540. The summed E-state index contributed by atoms with van der Waals surface area (Å²) in [4.78, 5) is 30.4. The van der Waals surface area contributed by atoms with Crippen molar-refractivity contribution in [3.05, 3.63) is 54.3 Å². The first-order chi connectivity index (χ1) is 12.6. The van der Waals surface area contributed by atoms with Gasteiger partial charge >= 0.3 is 5.97 Å². The summed E-state index contributed by atoms with van der Waals surface area (Å²) in [6, 6.07) is 12.6. The molecule has 0 bridgehead atoms. The van der Waals surface area contributed by atoms with E-state index < -0.39 is 12.1 Å². The number of benzene rings is 1. The Bertz CT molecular complexity index is 967. The van der Waals surface area contributed by atoms with Crippen molar-refractivity contribution in [3.8, 4) is 11.5 Å². The van der Waals surface area contributed by atoms with Gasteiger partial charge in [-0.15, -0.1) is 0 Å². The Labute approximate surface area is 148 Å². The molecule has 7 heteroatoms. The normalized spacial score (nSPS) is 17.4. The van der Waals surface area contributed by atoms with Gasteiger partial charge in [-0.2, -0.15) is 0 Å². The molecule has 0 aliphatic carbocycles. The first-order valence-electron chi connectivity index (χ1n) is 8.21. The second-order valence-electron chi connectivity index (χ2n) is 6.00. The maximum atomic E-state index is 13.1. The Morgan fingerprint density at radius 1 is 1.19 bits per heavy atom. The first-order valence-corrected chi connectivity index (χ1v) is 8.21. The average molecular weight is 352 g/mol. The number of hydrogen-bond acceptors (Lipinski definition) is 5. The van der Waals surface area contributed by atoms with E-state index in [1.54, 1.807) is 24.5 Å². The van der Waals surface area contributed by atoms with Gasteiger partial charge in [0.1, 0.15) is 5.69 Å². The highest BCUT2D eigenvalue weighted by atomic mass is 16.5. The lowest BCUT2D eigenvalue weighted by Gasteiger charge is -2.31. The summed E-state index contributed by atoms with van der Waals surface area (Å²) in [5.41, 5.74) is 1.70. The molecule has 132 valence electrons. The molecule has 1 fully saturated rings. The van der Waals surface area contributed by atoms with Gasteiger partial charge in [0.25, 0.3) is 5.91 Å². The number of amides is 1. The molecule has 7 nitrogen and oxygen atoms in total. The molecule has 0 spiro atoms. The minimum Gasteiger partial charge on any atom is -0.479 e. The molecule has 1 amide bonds. The SMILES string of the molecule is O=C(O)[C@@H]1CN(C(=O)c2cc(-c3ccco3)nc3ccccc23)CCO1. The standard InChI is InChI=1S/C19H16N2O5/c22-18(21-7-9-26-17(11-21)19(23)24)13-10-15(16-6-3-8-25-16)20-14-5-2-1-4-12(13)14/h1-6,8,10,17H,7,9,11H2,(H,23,24)/t17-/m0/s1. The lowest BCUT2D eigenvalue weighted by molar-refractivity contribution is -0.154. The van der Waals surface area contributed by atoms with Crippen LogP contribution in [0.15, 0.2) is 53.1 Å². The van der Waals surface area contributed by atoms with E-state index in [2.05, 4.69) is 4.98 Å². The van der Waals surface area contributed by atoms with Crippen molar-refractivity contribution >= 4 is 22.8 Å². The maximum absolute atomic E-state index is 13.1. The highest BCUT2D eigenvalue weighted by molar-refractivity contribution is 6.07. The highest BCUT2D eigenvalue weighted by Crippen LogP contribution is 2.26. The van der Waals surface area contributed by atoms with Gasteiger partial charge in [0.2, 0.25) is 0 Å². The van der Waals surface area contributed by atoms with E-state index in [4.69, 9.17) is 14.3 Å². The minimum absolute atomic E-state index is 0.0148. The predicted molar refractivity (Wildman–Crippen MR) is 92.7 cm³/mol. The number of nitrogens with zero attached hydrogens (tertiary/aromatic N) is 2. The van der Waals surface area contributed by atoms with E-state index in [0.29, 0.717) is 34.5 Å². The Balaban J connectivity index is 1.77. The zero-order valence-electron chi connectivity index (χ0n) is 13.8. The fraction of sp³-hybridized carbons (Fsp3) is 0.211. The van der Waals surface area contributed by atoms with Gasteiger partial charge < -0.3 is 19.2 Å². The fourth-order valence-electron chi connectivity index (χ4n) is 3.06. The lowest BCUT2D eigenvalue weighted by atomic mass is 10.0. The monoisotopic (exact) mass is 352 g/mol. The quantitative estimate of drug-likeness (QED) is 0.778. The molecule has 1 aromatic carbocycles. The number of hydrogen-bond donors (Lipinski definition) is 1. The fourth-order valence-corrected chi connectivity index (χ4v) is 3.06. The number of pyridine rings is 1. The largest absolute Gasteiger partial charge is 0.479 e. The number of aliphatic carboxylic acids is 1. The molecular weight excluding hydrogens is 336 g/mol. The van der Waals surface area contributed by atoms with Crippen LogP contribution in [0.2, 0.25) is 0 Å². The molecule has 26 heavy (non-hydrogen) atoms.